The van der Waals surface area contributed by atoms with Crippen molar-refractivity contribution in [3.05, 3.63) is 35.5 Å². The third-order valence-corrected chi connectivity index (χ3v) is 3.77. The summed E-state index contributed by atoms with van der Waals surface area (Å²) in [5.41, 5.74) is 2.07. The molecule has 14 heteroatoms. The number of hydrogen-bond donors (Lipinski definition) is 7. The summed E-state index contributed by atoms with van der Waals surface area (Å²) in [5.74, 6) is 0. The molecule has 0 spiro atoms. The van der Waals surface area contributed by atoms with Crippen molar-refractivity contribution in [2.24, 2.45) is 0 Å². The van der Waals surface area contributed by atoms with Crippen molar-refractivity contribution >= 4 is 43.8 Å². The number of aromatic nitrogens is 1. The zero-order valence-electron chi connectivity index (χ0n) is 16.6. The number of phosphoric acid groups is 2. The molecular weight excluding hydrogens is 460 g/mol. The van der Waals surface area contributed by atoms with Crippen molar-refractivity contribution in [3.8, 4) is 0 Å². The van der Waals surface area contributed by atoms with E-state index in [-0.39, 0.29) is 0 Å². The Kier molecular flexibility index (Phi) is 13.5. The first kappa shape index (κ1) is 28.9. The third kappa shape index (κ3) is 16.7. The van der Waals surface area contributed by atoms with Gasteiger partial charge in [-0.25, -0.2) is 14.1 Å². The van der Waals surface area contributed by atoms with Gasteiger partial charge in [0.15, 0.2) is 0 Å². The van der Waals surface area contributed by atoms with Crippen LogP contribution in [0.1, 0.15) is 20.3 Å². The average Bonchev–Trinajstić information content (AvgIpc) is 2.59. The van der Waals surface area contributed by atoms with Gasteiger partial charge in [0, 0.05) is 17.6 Å². The molecule has 172 valence electrons. The molecular formula is C16H28ClN3O8P2. The van der Waals surface area contributed by atoms with Crippen LogP contribution in [0.4, 0.5) is 5.69 Å². The van der Waals surface area contributed by atoms with Crippen LogP contribution in [0.15, 0.2) is 30.3 Å². The monoisotopic (exact) mass is 487 g/mol. The maximum Gasteiger partial charge on any atom is 0.466 e. The van der Waals surface area contributed by atoms with E-state index in [4.69, 9.17) is 50.1 Å². The van der Waals surface area contributed by atoms with Crippen molar-refractivity contribution in [2.45, 2.75) is 20.3 Å². The Bertz CT molecular complexity index is 821. The Morgan fingerprint density at radius 3 is 2.00 bits per heavy atom. The van der Waals surface area contributed by atoms with Crippen molar-refractivity contribution in [1.82, 2.24) is 9.88 Å². The quantitative estimate of drug-likeness (QED) is 0.172. The van der Waals surface area contributed by atoms with Crippen LogP contribution in [0.25, 0.3) is 10.9 Å². The van der Waals surface area contributed by atoms with Crippen LogP contribution in [-0.2, 0) is 9.13 Å². The van der Waals surface area contributed by atoms with E-state index in [1.54, 1.807) is 0 Å². The van der Waals surface area contributed by atoms with Gasteiger partial charge in [-0.3, -0.25) is 0 Å². The average molecular weight is 488 g/mol. The molecule has 1 heterocycles. The lowest BCUT2D eigenvalue weighted by Crippen LogP contribution is -2.25. The highest BCUT2D eigenvalue weighted by molar-refractivity contribution is 7.45. The molecule has 2 rings (SSSR count). The summed E-state index contributed by atoms with van der Waals surface area (Å²) in [4.78, 5) is 49.9. The highest BCUT2D eigenvalue weighted by atomic mass is 35.5. The minimum atomic E-state index is -4.64. The van der Waals surface area contributed by atoms with Gasteiger partial charge in [-0.1, -0.05) is 31.5 Å². The van der Waals surface area contributed by atoms with Gasteiger partial charge in [0.2, 0.25) is 0 Å². The second kappa shape index (κ2) is 14.1. The first-order valence-corrected chi connectivity index (χ1v) is 12.3. The van der Waals surface area contributed by atoms with E-state index in [9.17, 15) is 0 Å². The predicted molar refractivity (Wildman–Crippen MR) is 116 cm³/mol. The Hall–Kier alpha value is -1.10. The smallest absolute Gasteiger partial charge is 0.384 e. The highest BCUT2D eigenvalue weighted by Crippen LogP contribution is 2.26. The number of fused-ring (bicyclic) bond motifs is 1. The highest BCUT2D eigenvalue weighted by Gasteiger charge is 2.03. The zero-order chi connectivity index (χ0) is 23.4. The molecule has 30 heavy (non-hydrogen) atoms. The maximum atomic E-state index is 8.88. The van der Waals surface area contributed by atoms with Crippen LogP contribution in [0.5, 0.6) is 0 Å². The molecule has 0 atom stereocenters. The molecule has 11 nitrogen and oxygen atoms in total. The third-order valence-electron chi connectivity index (χ3n) is 3.56. The normalized spacial score (nSPS) is 11.4. The molecule has 0 fully saturated rings. The van der Waals surface area contributed by atoms with Gasteiger partial charge < -0.3 is 39.6 Å². The second-order valence-electron chi connectivity index (χ2n) is 5.84. The SMILES string of the molecule is CCN(CC)CCCNc1cccc2nc(Cl)ccc12.O=P(O)(O)O.O=P(O)(O)O. The lowest BCUT2D eigenvalue weighted by molar-refractivity contribution is 0.272. The lowest BCUT2D eigenvalue weighted by atomic mass is 10.2. The van der Waals surface area contributed by atoms with Crippen LogP contribution in [-0.4, -0.2) is 65.4 Å². The van der Waals surface area contributed by atoms with Crippen LogP contribution >= 0.6 is 27.2 Å². The van der Waals surface area contributed by atoms with Gasteiger partial charge in [-0.2, -0.15) is 0 Å². The predicted octanol–water partition coefficient (Wildman–Crippen LogP) is 2.17. The van der Waals surface area contributed by atoms with Gasteiger partial charge in [0.05, 0.1) is 5.52 Å². The van der Waals surface area contributed by atoms with E-state index >= 15 is 0 Å². The van der Waals surface area contributed by atoms with Crippen LogP contribution in [0, 0.1) is 0 Å². The molecule has 2 aromatic rings. The number of nitrogens with zero attached hydrogens (tertiary/aromatic N) is 2. The number of rotatable bonds is 7. The Labute approximate surface area is 179 Å². The maximum absolute atomic E-state index is 8.88. The van der Waals surface area contributed by atoms with E-state index in [0.29, 0.717) is 5.15 Å². The first-order chi connectivity index (χ1) is 13.7. The van der Waals surface area contributed by atoms with Crippen molar-refractivity contribution in [1.29, 1.82) is 0 Å². The number of pyridine rings is 1. The summed E-state index contributed by atoms with van der Waals surface area (Å²) in [5, 5.41) is 5.16. The molecule has 0 radical (unpaired) electrons. The summed E-state index contributed by atoms with van der Waals surface area (Å²) >= 11 is 5.93. The van der Waals surface area contributed by atoms with Crippen molar-refractivity contribution in [3.63, 3.8) is 0 Å². The van der Waals surface area contributed by atoms with Gasteiger partial charge >= 0.3 is 15.6 Å². The summed E-state index contributed by atoms with van der Waals surface area (Å²) in [6.45, 7) is 8.75. The van der Waals surface area contributed by atoms with Gasteiger partial charge in [-0.05, 0) is 50.3 Å². The minimum absolute atomic E-state index is 0.538. The summed E-state index contributed by atoms with van der Waals surface area (Å²) < 4.78 is 17.8. The Morgan fingerprint density at radius 1 is 0.967 bits per heavy atom. The molecule has 0 aliphatic rings. The van der Waals surface area contributed by atoms with Crippen LogP contribution < -0.4 is 5.32 Å². The van der Waals surface area contributed by atoms with Crippen molar-refractivity contribution in [2.75, 3.05) is 31.5 Å². The fourth-order valence-electron chi connectivity index (χ4n) is 2.35. The molecule has 0 saturated carbocycles. The summed E-state index contributed by atoms with van der Waals surface area (Å²) in [7, 11) is -9.28. The first-order valence-electron chi connectivity index (χ1n) is 8.82. The standard InChI is InChI=1S/C16H22ClN3.2H3O4P/c1-3-20(4-2)12-6-11-18-14-7-5-8-15-13(14)9-10-16(17)19-15;2*1-5(2,3)4/h5,7-10,18H,3-4,6,11-12H2,1-2H3;2*(H3,1,2,3,4). The molecule has 0 aliphatic carbocycles. The Balaban J connectivity index is 0.000000702. The largest absolute Gasteiger partial charge is 0.466 e. The molecule has 1 aromatic carbocycles. The van der Waals surface area contributed by atoms with Crippen molar-refractivity contribution < 1.29 is 38.5 Å². The molecule has 0 aliphatic heterocycles. The fraction of sp³-hybridized carbons (Fsp3) is 0.438. The number of hydrogen-bond acceptors (Lipinski definition) is 5. The number of benzene rings is 1. The van der Waals surface area contributed by atoms with E-state index < -0.39 is 15.6 Å². The second-order valence-corrected chi connectivity index (χ2v) is 8.28. The van der Waals surface area contributed by atoms with E-state index in [0.717, 1.165) is 49.2 Å². The molecule has 1 aromatic heterocycles. The van der Waals surface area contributed by atoms with Gasteiger partial charge in [-0.15, -0.1) is 0 Å². The van der Waals surface area contributed by atoms with Gasteiger partial charge in [0.1, 0.15) is 5.15 Å². The van der Waals surface area contributed by atoms with Crippen LogP contribution in [0.2, 0.25) is 5.15 Å². The fourth-order valence-corrected chi connectivity index (χ4v) is 2.50. The summed E-state index contributed by atoms with van der Waals surface area (Å²) in [6, 6.07) is 9.96. The number of anilines is 1. The molecule has 0 unspecified atom stereocenters. The van der Waals surface area contributed by atoms with E-state index in [1.807, 2.05) is 24.3 Å². The molecule has 0 saturated heterocycles. The van der Waals surface area contributed by atoms with E-state index in [1.165, 1.54) is 0 Å². The molecule has 7 N–H and O–H groups in total. The number of nitrogens with one attached hydrogen (secondary N) is 1. The van der Waals surface area contributed by atoms with Gasteiger partial charge in [0.25, 0.3) is 0 Å². The Morgan fingerprint density at radius 2 is 1.50 bits per heavy atom. The summed E-state index contributed by atoms with van der Waals surface area (Å²) in [6.07, 6.45) is 1.14. The lowest BCUT2D eigenvalue weighted by Gasteiger charge is -2.18. The molecule has 0 amide bonds. The minimum Gasteiger partial charge on any atom is -0.384 e. The van der Waals surface area contributed by atoms with E-state index in [2.05, 4.69) is 35.1 Å². The molecule has 0 bridgehead atoms. The number of halogens is 1. The zero-order valence-corrected chi connectivity index (χ0v) is 19.1. The topological polar surface area (TPSA) is 184 Å². The van der Waals surface area contributed by atoms with Crippen LogP contribution in [0.3, 0.4) is 0 Å².